The van der Waals surface area contributed by atoms with E-state index in [9.17, 15) is 0 Å². The van der Waals surface area contributed by atoms with Gasteiger partial charge in [-0.3, -0.25) is 0 Å². The average Bonchev–Trinajstić information content (AvgIpc) is 3.56. The third kappa shape index (κ3) is 7.16. The molecule has 0 spiro atoms. The van der Waals surface area contributed by atoms with Crippen LogP contribution in [0.15, 0.2) is 176 Å². The van der Waals surface area contributed by atoms with E-state index in [-0.39, 0.29) is 10.8 Å². The fourth-order valence-corrected chi connectivity index (χ4v) is 12.0. The molecular weight excluding hydrogens is 749 g/mol. The van der Waals surface area contributed by atoms with Gasteiger partial charge in [0, 0.05) is 45.0 Å². The van der Waals surface area contributed by atoms with Crippen molar-refractivity contribution < 1.29 is 0 Å². The fourth-order valence-electron chi connectivity index (χ4n) is 12.0. The second-order valence-electron chi connectivity index (χ2n) is 19.3. The summed E-state index contributed by atoms with van der Waals surface area (Å²) in [6, 6.07) is 66.8. The van der Waals surface area contributed by atoms with Gasteiger partial charge in [-0.1, -0.05) is 163 Å². The Morgan fingerprint density at radius 3 is 1.48 bits per heavy atom. The van der Waals surface area contributed by atoms with Crippen molar-refractivity contribution in [3.63, 3.8) is 0 Å². The lowest BCUT2D eigenvalue weighted by atomic mass is 9.56. The molecule has 2 fully saturated rings. The quantitative estimate of drug-likeness (QED) is 0.136. The smallest absolute Gasteiger partial charge is 0.0465 e. The normalized spacial score (nSPS) is 19.5. The van der Waals surface area contributed by atoms with Crippen LogP contribution in [0.5, 0.6) is 0 Å². The van der Waals surface area contributed by atoms with Crippen molar-refractivity contribution >= 4 is 34.1 Å². The van der Waals surface area contributed by atoms with Crippen molar-refractivity contribution in [3.8, 4) is 11.1 Å². The number of fused-ring (bicyclic) bond motifs is 3. The molecule has 2 unspecified atom stereocenters. The minimum atomic E-state index is -0.0797. The number of hydrogen-bond acceptors (Lipinski definition) is 2. The molecule has 0 bridgehead atoms. The van der Waals surface area contributed by atoms with Crippen LogP contribution in [0.3, 0.4) is 0 Å². The first-order valence-corrected chi connectivity index (χ1v) is 23.6. The van der Waals surface area contributed by atoms with E-state index in [2.05, 4.69) is 213 Å². The average molecular weight is 811 g/mol. The van der Waals surface area contributed by atoms with Crippen LogP contribution >= 0.6 is 0 Å². The van der Waals surface area contributed by atoms with Gasteiger partial charge >= 0.3 is 0 Å². The summed E-state index contributed by atoms with van der Waals surface area (Å²) in [6.07, 6.45) is 11.6. The van der Waals surface area contributed by atoms with E-state index in [4.69, 9.17) is 0 Å². The van der Waals surface area contributed by atoms with E-state index < -0.39 is 0 Å². The summed E-state index contributed by atoms with van der Waals surface area (Å²) in [4.78, 5) is 4.89. The van der Waals surface area contributed by atoms with Crippen molar-refractivity contribution in [2.75, 3.05) is 9.80 Å². The summed E-state index contributed by atoms with van der Waals surface area (Å²) in [7, 11) is 0. The highest BCUT2D eigenvalue weighted by molar-refractivity contribution is 5.85. The number of nitrogens with zero attached hydrogens (tertiary/aromatic N) is 2. The van der Waals surface area contributed by atoms with Crippen LogP contribution in [0, 0.1) is 11.8 Å². The first-order valence-electron chi connectivity index (χ1n) is 23.6. The predicted octanol–water partition coefficient (Wildman–Crippen LogP) is 17.1. The molecule has 0 aromatic heterocycles. The van der Waals surface area contributed by atoms with Gasteiger partial charge in [-0.15, -0.1) is 0 Å². The van der Waals surface area contributed by atoms with Gasteiger partial charge in [0.05, 0.1) is 0 Å². The van der Waals surface area contributed by atoms with Crippen LogP contribution < -0.4 is 9.80 Å². The van der Waals surface area contributed by atoms with E-state index >= 15 is 0 Å². The Bertz CT molecular complexity index is 2560. The fraction of sp³-hybridized carbons (Fsp3) is 0.300. The number of anilines is 6. The molecule has 2 saturated carbocycles. The topological polar surface area (TPSA) is 6.48 Å². The summed E-state index contributed by atoms with van der Waals surface area (Å²) in [5, 5.41) is 0. The van der Waals surface area contributed by atoms with E-state index in [1.54, 1.807) is 0 Å². The van der Waals surface area contributed by atoms with Gasteiger partial charge in [-0.25, -0.2) is 0 Å². The van der Waals surface area contributed by atoms with Crippen molar-refractivity contribution in [1.82, 2.24) is 0 Å². The predicted molar refractivity (Wildman–Crippen MR) is 263 cm³/mol. The third-order valence-electron chi connectivity index (χ3n) is 15.1. The molecule has 2 atom stereocenters. The zero-order chi connectivity index (χ0) is 42.3. The number of para-hydroxylation sites is 2. The maximum Gasteiger partial charge on any atom is 0.0465 e. The highest BCUT2D eigenvalue weighted by Crippen LogP contribution is 2.54. The Morgan fingerprint density at radius 2 is 0.903 bits per heavy atom. The van der Waals surface area contributed by atoms with Crippen molar-refractivity contribution in [1.29, 1.82) is 0 Å². The molecule has 10 rings (SSSR count). The molecule has 2 heteroatoms. The van der Waals surface area contributed by atoms with Crippen LogP contribution in [-0.4, -0.2) is 0 Å². The van der Waals surface area contributed by atoms with Gasteiger partial charge in [0.25, 0.3) is 0 Å². The Morgan fingerprint density at radius 1 is 0.435 bits per heavy atom. The third-order valence-corrected chi connectivity index (χ3v) is 15.1. The van der Waals surface area contributed by atoms with Crippen LogP contribution in [-0.2, 0) is 10.8 Å². The van der Waals surface area contributed by atoms with Gasteiger partial charge in [0.1, 0.15) is 0 Å². The van der Waals surface area contributed by atoms with Gasteiger partial charge < -0.3 is 9.80 Å². The Balaban J connectivity index is 1.06. The van der Waals surface area contributed by atoms with Gasteiger partial charge in [0.15, 0.2) is 0 Å². The molecule has 3 aliphatic rings. The number of benzene rings is 7. The maximum absolute atomic E-state index is 2.51. The molecule has 2 nitrogen and oxygen atoms in total. The van der Waals surface area contributed by atoms with Gasteiger partial charge in [0.2, 0.25) is 0 Å². The first kappa shape index (κ1) is 40.2. The molecule has 0 radical (unpaired) electrons. The van der Waals surface area contributed by atoms with Crippen LogP contribution in [0.1, 0.15) is 119 Å². The number of rotatable bonds is 10. The standard InChI is InChI=1S/C60H62N2/c1-43(2)56-25-16-17-41-60(56,46-29-35-51(36-30-46)61(48-20-10-6-11-21-48)49-22-12-7-13-23-49)47-31-37-52(38-32-47)62(50-33-27-45(28-34-50)44-18-8-5-9-19-44)53-39-40-55-54-24-14-15-26-57(54)59(3,4)58(55)42-53/h6-7,10-15,20-24,26-40,42-44,56H,5,8-9,16-19,25,41H2,1-4H3. The zero-order valence-corrected chi connectivity index (χ0v) is 37.2. The minimum absolute atomic E-state index is 0.0731. The second kappa shape index (κ2) is 16.8. The largest absolute Gasteiger partial charge is 0.311 e. The molecule has 0 saturated heterocycles. The number of hydrogen-bond donors (Lipinski definition) is 0. The molecule has 0 amide bonds. The lowest BCUT2D eigenvalue weighted by Crippen LogP contribution is -2.42. The van der Waals surface area contributed by atoms with Crippen LogP contribution in [0.2, 0.25) is 0 Å². The molecule has 7 aromatic rings. The lowest BCUT2D eigenvalue weighted by Gasteiger charge is -2.48. The van der Waals surface area contributed by atoms with E-state index in [0.717, 1.165) is 6.42 Å². The molecule has 3 aliphatic carbocycles. The highest BCUT2D eigenvalue weighted by atomic mass is 15.1. The molecule has 0 N–H and O–H groups in total. The van der Waals surface area contributed by atoms with E-state index in [1.165, 1.54) is 124 Å². The molecular formula is C60H62N2. The van der Waals surface area contributed by atoms with E-state index in [0.29, 0.717) is 17.8 Å². The zero-order valence-electron chi connectivity index (χ0n) is 37.2. The first-order chi connectivity index (χ1) is 30.3. The summed E-state index contributed by atoms with van der Waals surface area (Å²) in [6.45, 7) is 9.68. The summed E-state index contributed by atoms with van der Waals surface area (Å²) in [5.74, 6) is 1.77. The molecule has 0 aliphatic heterocycles. The van der Waals surface area contributed by atoms with Crippen molar-refractivity contribution in [2.45, 2.75) is 102 Å². The second-order valence-corrected chi connectivity index (χ2v) is 19.3. The summed E-state index contributed by atoms with van der Waals surface area (Å²) < 4.78 is 0. The molecule has 0 heterocycles. The minimum Gasteiger partial charge on any atom is -0.311 e. The molecule has 7 aromatic carbocycles. The SMILES string of the molecule is CC(C)C1CCCCC1(c1ccc(N(c2ccccc2)c2ccccc2)cc1)c1ccc(N(c2ccc(C3CCCCC3)cc2)c2ccc3c(c2)C(C)(C)c2ccccc2-3)cc1. The maximum atomic E-state index is 2.51. The highest BCUT2D eigenvalue weighted by Gasteiger charge is 2.45. The van der Waals surface area contributed by atoms with Crippen LogP contribution in [0.4, 0.5) is 34.1 Å². The van der Waals surface area contributed by atoms with Gasteiger partial charge in [-0.2, -0.15) is 0 Å². The summed E-state index contributed by atoms with van der Waals surface area (Å²) >= 11 is 0. The Kier molecular flexibility index (Phi) is 10.9. The summed E-state index contributed by atoms with van der Waals surface area (Å²) in [5.41, 5.74) is 16.9. The van der Waals surface area contributed by atoms with Crippen molar-refractivity contribution in [2.24, 2.45) is 11.8 Å². The van der Waals surface area contributed by atoms with Crippen LogP contribution in [0.25, 0.3) is 11.1 Å². The lowest BCUT2D eigenvalue weighted by molar-refractivity contribution is 0.170. The monoisotopic (exact) mass is 810 g/mol. The van der Waals surface area contributed by atoms with Gasteiger partial charge in [-0.05, 0) is 155 Å². The molecule has 62 heavy (non-hydrogen) atoms. The van der Waals surface area contributed by atoms with Crippen molar-refractivity contribution in [3.05, 3.63) is 204 Å². The Hall–Kier alpha value is -5.86. The Labute approximate surface area is 371 Å². The molecule has 312 valence electrons. The van der Waals surface area contributed by atoms with E-state index in [1.807, 2.05) is 0 Å².